The molecule has 0 saturated carbocycles. The lowest BCUT2D eigenvalue weighted by Crippen LogP contribution is -2.54. The molecule has 0 aliphatic carbocycles. The Morgan fingerprint density at radius 2 is 1.86 bits per heavy atom. The Bertz CT molecular complexity index is 415. The molecule has 6 nitrogen and oxygen atoms in total. The topological polar surface area (TPSA) is 55.9 Å². The van der Waals surface area contributed by atoms with Gasteiger partial charge in [-0.3, -0.25) is 0 Å². The normalized spacial score (nSPS) is 27.6. The number of hydrogen-bond donors (Lipinski definition) is 1. The third-order valence-electron chi connectivity index (χ3n) is 4.50. The molecule has 2 saturated heterocycles. The predicted octanol–water partition coefficient (Wildman–Crippen LogP) is 0.333. The molecule has 0 radical (unpaired) electrons. The molecule has 2 fully saturated rings. The number of likely N-dealkylation sites (N-methyl/N-ethyl adjacent to an activating group) is 2. The maximum atomic E-state index is 13.0. The van der Waals surface area contributed by atoms with Gasteiger partial charge in [-0.2, -0.15) is 17.0 Å². The van der Waals surface area contributed by atoms with Crippen molar-refractivity contribution in [2.75, 3.05) is 52.9 Å². The van der Waals surface area contributed by atoms with Crippen LogP contribution in [0.5, 0.6) is 0 Å². The van der Waals surface area contributed by atoms with Crippen molar-refractivity contribution in [3.8, 4) is 0 Å². The molecule has 2 rings (SSSR count). The van der Waals surface area contributed by atoms with Crippen molar-refractivity contribution in [3.05, 3.63) is 0 Å². The molecule has 0 amide bonds. The largest absolute Gasteiger partial charge is 0.315 e. The van der Waals surface area contributed by atoms with Gasteiger partial charge >= 0.3 is 0 Å². The molecule has 0 bridgehead atoms. The van der Waals surface area contributed by atoms with Crippen molar-refractivity contribution in [1.29, 1.82) is 0 Å². The minimum atomic E-state index is -3.31. The van der Waals surface area contributed by atoms with Gasteiger partial charge in [0.25, 0.3) is 10.2 Å². The Morgan fingerprint density at radius 1 is 1.05 bits per heavy atom. The Labute approximate surface area is 129 Å². The van der Waals surface area contributed by atoms with E-state index in [0.29, 0.717) is 19.6 Å². The monoisotopic (exact) mass is 318 g/mol. The molecule has 2 aliphatic rings. The fourth-order valence-corrected chi connectivity index (χ4v) is 5.08. The number of nitrogens with zero attached hydrogens (tertiary/aromatic N) is 3. The molecule has 0 aromatic heterocycles. The van der Waals surface area contributed by atoms with Crippen LogP contribution in [0.4, 0.5) is 0 Å². The van der Waals surface area contributed by atoms with Crippen LogP contribution in [-0.2, 0) is 10.2 Å². The summed E-state index contributed by atoms with van der Waals surface area (Å²) >= 11 is 0. The molecule has 0 aromatic rings. The van der Waals surface area contributed by atoms with E-state index >= 15 is 0 Å². The summed E-state index contributed by atoms with van der Waals surface area (Å²) in [5.74, 6) is 0. The van der Waals surface area contributed by atoms with Crippen LogP contribution in [-0.4, -0.2) is 80.8 Å². The van der Waals surface area contributed by atoms with Crippen molar-refractivity contribution in [3.63, 3.8) is 0 Å². The highest BCUT2D eigenvalue weighted by Crippen LogP contribution is 2.23. The summed E-state index contributed by atoms with van der Waals surface area (Å²) in [5.41, 5.74) is 0. The van der Waals surface area contributed by atoms with Crippen LogP contribution in [0.2, 0.25) is 0 Å². The van der Waals surface area contributed by atoms with Crippen LogP contribution in [0, 0.1) is 0 Å². The van der Waals surface area contributed by atoms with Gasteiger partial charge in [0.1, 0.15) is 0 Å². The Morgan fingerprint density at radius 3 is 2.62 bits per heavy atom. The number of hydrogen-bond acceptors (Lipinski definition) is 4. The first-order chi connectivity index (χ1) is 10.1. The van der Waals surface area contributed by atoms with Crippen LogP contribution in [0.1, 0.15) is 32.6 Å². The Balaban J connectivity index is 2.07. The summed E-state index contributed by atoms with van der Waals surface area (Å²) in [6.45, 7) is 7.46. The van der Waals surface area contributed by atoms with E-state index in [4.69, 9.17) is 0 Å². The van der Waals surface area contributed by atoms with Crippen molar-refractivity contribution in [1.82, 2.24) is 18.8 Å². The zero-order chi connectivity index (χ0) is 15.3. The SMILES string of the molecule is CCNCC1CCCCN1S(=O)(=O)N1CCCN(C)CC1. The standard InChI is InChI=1S/C14H30N4O2S/c1-3-15-13-14-7-4-5-10-18(14)21(19,20)17-9-6-8-16(2)11-12-17/h14-15H,3-13H2,1-2H3. The lowest BCUT2D eigenvalue weighted by Gasteiger charge is -2.37. The second-order valence-corrected chi connectivity index (χ2v) is 8.01. The summed E-state index contributed by atoms with van der Waals surface area (Å²) in [6.07, 6.45) is 4.00. The third-order valence-corrected chi connectivity index (χ3v) is 6.60. The maximum absolute atomic E-state index is 13.0. The molecule has 1 unspecified atom stereocenters. The van der Waals surface area contributed by atoms with Crippen LogP contribution in [0.3, 0.4) is 0 Å². The van der Waals surface area contributed by atoms with E-state index in [1.807, 2.05) is 0 Å². The lowest BCUT2D eigenvalue weighted by molar-refractivity contribution is 0.227. The van der Waals surface area contributed by atoms with E-state index in [2.05, 4.69) is 24.2 Å². The fraction of sp³-hybridized carbons (Fsp3) is 1.00. The summed E-state index contributed by atoms with van der Waals surface area (Å²) in [5, 5.41) is 3.31. The number of piperidine rings is 1. The van der Waals surface area contributed by atoms with E-state index < -0.39 is 10.2 Å². The summed E-state index contributed by atoms with van der Waals surface area (Å²) in [7, 11) is -1.25. The van der Waals surface area contributed by atoms with E-state index in [9.17, 15) is 8.42 Å². The Hall–Kier alpha value is -0.210. The van der Waals surface area contributed by atoms with Crippen molar-refractivity contribution in [2.45, 2.75) is 38.6 Å². The van der Waals surface area contributed by atoms with Crippen molar-refractivity contribution in [2.24, 2.45) is 0 Å². The highest BCUT2D eigenvalue weighted by atomic mass is 32.2. The van der Waals surface area contributed by atoms with Gasteiger partial charge in [0.05, 0.1) is 0 Å². The number of rotatable bonds is 5. The zero-order valence-corrected chi connectivity index (χ0v) is 14.2. The third kappa shape index (κ3) is 4.39. The van der Waals surface area contributed by atoms with Gasteiger partial charge in [-0.05, 0) is 39.4 Å². The summed E-state index contributed by atoms with van der Waals surface area (Å²) in [6, 6.07) is 0.115. The van der Waals surface area contributed by atoms with Gasteiger partial charge in [0.15, 0.2) is 0 Å². The van der Waals surface area contributed by atoms with Gasteiger partial charge in [-0.15, -0.1) is 0 Å². The molecule has 7 heteroatoms. The molecular weight excluding hydrogens is 288 g/mol. The molecule has 0 aromatic carbocycles. The van der Waals surface area contributed by atoms with E-state index in [1.165, 1.54) is 0 Å². The smallest absolute Gasteiger partial charge is 0.282 e. The molecule has 21 heavy (non-hydrogen) atoms. The molecule has 2 heterocycles. The average Bonchev–Trinajstić information content (AvgIpc) is 2.70. The van der Waals surface area contributed by atoms with Crippen LogP contribution in [0.25, 0.3) is 0 Å². The first-order valence-electron chi connectivity index (χ1n) is 8.22. The molecule has 1 N–H and O–H groups in total. The van der Waals surface area contributed by atoms with E-state index in [-0.39, 0.29) is 6.04 Å². The van der Waals surface area contributed by atoms with Gasteiger partial charge in [-0.25, -0.2) is 0 Å². The Kier molecular flexibility index (Phi) is 6.43. The van der Waals surface area contributed by atoms with Gasteiger partial charge in [0.2, 0.25) is 0 Å². The fourth-order valence-electron chi connectivity index (χ4n) is 3.19. The van der Waals surface area contributed by atoms with Crippen molar-refractivity contribution < 1.29 is 8.42 Å². The minimum Gasteiger partial charge on any atom is -0.315 e. The predicted molar refractivity (Wildman–Crippen MR) is 85.5 cm³/mol. The summed E-state index contributed by atoms with van der Waals surface area (Å²) in [4.78, 5) is 2.21. The van der Waals surface area contributed by atoms with Crippen LogP contribution < -0.4 is 5.32 Å². The van der Waals surface area contributed by atoms with Gasteiger partial charge < -0.3 is 10.2 Å². The minimum absolute atomic E-state index is 0.115. The van der Waals surface area contributed by atoms with Crippen molar-refractivity contribution >= 4 is 10.2 Å². The summed E-state index contributed by atoms with van der Waals surface area (Å²) < 4.78 is 29.4. The molecule has 1 atom stereocenters. The van der Waals surface area contributed by atoms with Gasteiger partial charge in [-0.1, -0.05) is 13.3 Å². The highest BCUT2D eigenvalue weighted by molar-refractivity contribution is 7.86. The molecule has 124 valence electrons. The quantitative estimate of drug-likeness (QED) is 0.794. The average molecular weight is 318 g/mol. The van der Waals surface area contributed by atoms with Crippen LogP contribution >= 0.6 is 0 Å². The maximum Gasteiger partial charge on any atom is 0.282 e. The molecular formula is C14H30N4O2S. The van der Waals surface area contributed by atoms with E-state index in [1.54, 1.807) is 8.61 Å². The second kappa shape index (κ2) is 7.87. The lowest BCUT2D eigenvalue weighted by atomic mass is 10.1. The zero-order valence-electron chi connectivity index (χ0n) is 13.4. The van der Waals surface area contributed by atoms with Gasteiger partial charge in [0, 0.05) is 38.8 Å². The second-order valence-electron chi connectivity index (χ2n) is 6.13. The molecule has 2 aliphatic heterocycles. The number of nitrogens with one attached hydrogen (secondary N) is 1. The highest BCUT2D eigenvalue weighted by Gasteiger charge is 2.36. The molecule has 0 spiro atoms. The first-order valence-corrected chi connectivity index (χ1v) is 9.61. The van der Waals surface area contributed by atoms with Crippen LogP contribution in [0.15, 0.2) is 0 Å². The van der Waals surface area contributed by atoms with E-state index in [0.717, 1.165) is 51.9 Å². The first kappa shape index (κ1) is 17.1.